The molecule has 2 aliphatic rings. The predicted molar refractivity (Wildman–Crippen MR) is 100 cm³/mol. The molecule has 0 saturated carbocycles. The van der Waals surface area contributed by atoms with E-state index in [9.17, 15) is 22.8 Å². The lowest BCUT2D eigenvalue weighted by Crippen LogP contribution is -2.44. The van der Waals surface area contributed by atoms with Crippen molar-refractivity contribution in [2.75, 3.05) is 24.6 Å². The molecule has 1 atom stereocenters. The summed E-state index contributed by atoms with van der Waals surface area (Å²) < 4.78 is 23.6. The molecule has 27 heavy (non-hydrogen) atoms. The third kappa shape index (κ3) is 4.05. The number of benzene rings is 1. The maximum Gasteiger partial charge on any atom is 0.261 e. The number of imide groups is 1. The Morgan fingerprint density at radius 3 is 2.26 bits per heavy atom. The summed E-state index contributed by atoms with van der Waals surface area (Å²) in [5, 5.41) is 0. The first-order chi connectivity index (χ1) is 12.7. The summed E-state index contributed by atoms with van der Waals surface area (Å²) in [6.45, 7) is 4.39. The van der Waals surface area contributed by atoms with Crippen molar-refractivity contribution in [2.45, 2.75) is 32.7 Å². The van der Waals surface area contributed by atoms with Crippen LogP contribution in [0.15, 0.2) is 24.3 Å². The van der Waals surface area contributed by atoms with Gasteiger partial charge < -0.3 is 4.90 Å². The molecule has 1 aromatic rings. The highest BCUT2D eigenvalue weighted by atomic mass is 32.2. The van der Waals surface area contributed by atoms with Crippen molar-refractivity contribution in [3.8, 4) is 0 Å². The largest absolute Gasteiger partial charge is 0.338 e. The van der Waals surface area contributed by atoms with E-state index in [1.807, 2.05) is 13.8 Å². The first-order valence-corrected chi connectivity index (χ1v) is 11.0. The zero-order chi connectivity index (χ0) is 19.8. The summed E-state index contributed by atoms with van der Waals surface area (Å²) in [6, 6.07) is 6.28. The van der Waals surface area contributed by atoms with E-state index in [4.69, 9.17) is 0 Å². The van der Waals surface area contributed by atoms with Gasteiger partial charge in [0.15, 0.2) is 9.84 Å². The number of rotatable bonds is 6. The molecule has 0 bridgehead atoms. The molecule has 3 rings (SSSR count). The van der Waals surface area contributed by atoms with Gasteiger partial charge in [-0.05, 0) is 24.5 Å². The van der Waals surface area contributed by atoms with Crippen LogP contribution < -0.4 is 0 Å². The normalized spacial score (nSPS) is 21.0. The van der Waals surface area contributed by atoms with Gasteiger partial charge in [-0.25, -0.2) is 8.42 Å². The van der Waals surface area contributed by atoms with Crippen molar-refractivity contribution in [3.05, 3.63) is 35.4 Å². The van der Waals surface area contributed by atoms with Crippen LogP contribution in [0.5, 0.6) is 0 Å². The topological polar surface area (TPSA) is 91.8 Å². The molecule has 3 amide bonds. The molecule has 2 heterocycles. The Balaban J connectivity index is 1.68. The van der Waals surface area contributed by atoms with E-state index in [0.29, 0.717) is 24.1 Å². The Hall–Kier alpha value is -2.22. The average molecular weight is 392 g/mol. The van der Waals surface area contributed by atoms with Crippen LogP contribution in [-0.2, 0) is 14.6 Å². The summed E-state index contributed by atoms with van der Waals surface area (Å²) in [7, 11) is -3.11. The van der Waals surface area contributed by atoms with Crippen molar-refractivity contribution in [3.63, 3.8) is 0 Å². The van der Waals surface area contributed by atoms with E-state index in [2.05, 4.69) is 0 Å². The van der Waals surface area contributed by atoms with Gasteiger partial charge in [0.1, 0.15) is 0 Å². The van der Waals surface area contributed by atoms with Gasteiger partial charge in [0.25, 0.3) is 11.8 Å². The highest BCUT2D eigenvalue weighted by molar-refractivity contribution is 7.91. The fraction of sp³-hybridized carbons (Fsp3) is 0.526. The second-order valence-electron chi connectivity index (χ2n) is 7.55. The summed E-state index contributed by atoms with van der Waals surface area (Å²) in [5.41, 5.74) is 0.715. The zero-order valence-electron chi connectivity index (χ0n) is 15.6. The Labute approximate surface area is 159 Å². The number of sulfone groups is 1. The van der Waals surface area contributed by atoms with Gasteiger partial charge in [-0.1, -0.05) is 26.0 Å². The Morgan fingerprint density at radius 2 is 1.78 bits per heavy atom. The first kappa shape index (κ1) is 19.5. The number of nitrogens with zero attached hydrogens (tertiary/aromatic N) is 2. The lowest BCUT2D eigenvalue weighted by atomic mass is 10.1. The molecule has 2 aliphatic heterocycles. The van der Waals surface area contributed by atoms with E-state index in [0.717, 1.165) is 4.90 Å². The summed E-state index contributed by atoms with van der Waals surface area (Å²) in [6.07, 6.45) is 0.433. The van der Waals surface area contributed by atoms with Gasteiger partial charge in [0, 0.05) is 25.6 Å². The van der Waals surface area contributed by atoms with Crippen molar-refractivity contribution in [1.29, 1.82) is 0 Å². The van der Waals surface area contributed by atoms with Gasteiger partial charge >= 0.3 is 0 Å². The highest BCUT2D eigenvalue weighted by Gasteiger charge is 2.37. The van der Waals surface area contributed by atoms with Gasteiger partial charge in [-0.3, -0.25) is 19.3 Å². The lowest BCUT2D eigenvalue weighted by Gasteiger charge is -2.30. The van der Waals surface area contributed by atoms with E-state index >= 15 is 0 Å². The number of carbonyl (C=O) groups is 3. The third-order valence-electron chi connectivity index (χ3n) is 4.96. The summed E-state index contributed by atoms with van der Waals surface area (Å²) in [4.78, 5) is 40.3. The maximum absolute atomic E-state index is 12.8. The van der Waals surface area contributed by atoms with Crippen LogP contribution in [0, 0.1) is 5.92 Å². The van der Waals surface area contributed by atoms with Crippen LogP contribution >= 0.6 is 0 Å². The fourth-order valence-corrected chi connectivity index (χ4v) is 5.39. The van der Waals surface area contributed by atoms with Crippen LogP contribution in [0.2, 0.25) is 0 Å². The van der Waals surface area contributed by atoms with Gasteiger partial charge in [0.2, 0.25) is 5.91 Å². The maximum atomic E-state index is 12.8. The molecule has 1 aromatic carbocycles. The Morgan fingerprint density at radius 1 is 1.19 bits per heavy atom. The number of hydrogen-bond donors (Lipinski definition) is 0. The van der Waals surface area contributed by atoms with Crippen molar-refractivity contribution in [2.24, 2.45) is 5.92 Å². The van der Waals surface area contributed by atoms with Crippen LogP contribution in [0.25, 0.3) is 0 Å². The fourth-order valence-electron chi connectivity index (χ4n) is 3.66. The molecule has 7 nitrogen and oxygen atoms in total. The monoisotopic (exact) mass is 392 g/mol. The van der Waals surface area contributed by atoms with E-state index in [1.165, 1.54) is 0 Å². The summed E-state index contributed by atoms with van der Waals surface area (Å²) >= 11 is 0. The minimum atomic E-state index is -3.11. The first-order valence-electron chi connectivity index (χ1n) is 9.14. The third-order valence-corrected chi connectivity index (χ3v) is 6.71. The molecule has 0 radical (unpaired) electrons. The van der Waals surface area contributed by atoms with Crippen molar-refractivity contribution in [1.82, 2.24) is 9.80 Å². The molecular formula is C19H24N2O5S. The number of amides is 3. The smallest absolute Gasteiger partial charge is 0.261 e. The molecular weight excluding hydrogens is 368 g/mol. The minimum Gasteiger partial charge on any atom is -0.338 e. The second kappa shape index (κ2) is 7.42. The molecule has 0 aromatic heterocycles. The molecule has 0 aliphatic carbocycles. The standard InChI is InChI=1S/C19H24N2O5S/c1-13(2)11-21(14-8-10-27(25,26)12-14)17(22)7-9-20-18(23)15-5-3-4-6-16(15)19(20)24/h3-6,13-14H,7-12H2,1-2H3. The van der Waals surface area contributed by atoms with Crippen LogP contribution in [0.1, 0.15) is 47.4 Å². The molecule has 1 fully saturated rings. The van der Waals surface area contributed by atoms with Crippen molar-refractivity contribution < 1.29 is 22.8 Å². The molecule has 1 unspecified atom stereocenters. The van der Waals surface area contributed by atoms with E-state index < -0.39 is 9.84 Å². The number of carbonyl (C=O) groups excluding carboxylic acids is 3. The number of hydrogen-bond acceptors (Lipinski definition) is 5. The van der Waals surface area contributed by atoms with E-state index in [1.54, 1.807) is 29.2 Å². The van der Waals surface area contributed by atoms with Gasteiger partial charge in [0.05, 0.1) is 22.6 Å². The van der Waals surface area contributed by atoms with Crippen molar-refractivity contribution >= 4 is 27.6 Å². The molecule has 0 spiro atoms. The van der Waals surface area contributed by atoms with Crippen LogP contribution in [-0.4, -0.2) is 66.6 Å². The number of fused-ring (bicyclic) bond motifs is 1. The second-order valence-corrected chi connectivity index (χ2v) is 9.78. The molecule has 1 saturated heterocycles. The Kier molecular flexibility index (Phi) is 5.37. The van der Waals surface area contributed by atoms with Gasteiger partial charge in [-0.15, -0.1) is 0 Å². The SMILES string of the molecule is CC(C)CN(C(=O)CCN1C(=O)c2ccccc2C1=O)C1CCS(=O)(=O)C1. The average Bonchev–Trinajstić information content (AvgIpc) is 3.09. The zero-order valence-corrected chi connectivity index (χ0v) is 16.4. The predicted octanol–water partition coefficient (Wildman–Crippen LogP) is 1.34. The molecule has 146 valence electrons. The highest BCUT2D eigenvalue weighted by Crippen LogP contribution is 2.24. The lowest BCUT2D eigenvalue weighted by molar-refractivity contribution is -0.133. The van der Waals surface area contributed by atoms with Crippen LogP contribution in [0.3, 0.4) is 0 Å². The molecule has 8 heteroatoms. The van der Waals surface area contributed by atoms with Gasteiger partial charge in [-0.2, -0.15) is 0 Å². The molecule has 0 N–H and O–H groups in total. The Bertz CT molecular complexity index is 843. The quantitative estimate of drug-likeness (QED) is 0.682. The van der Waals surface area contributed by atoms with Crippen LogP contribution in [0.4, 0.5) is 0 Å². The summed E-state index contributed by atoms with van der Waals surface area (Å²) in [5.74, 6) is -0.723. The minimum absolute atomic E-state index is 0.000749. The van der Waals surface area contributed by atoms with E-state index in [-0.39, 0.29) is 54.2 Å².